The van der Waals surface area contributed by atoms with E-state index in [9.17, 15) is 13.2 Å². The van der Waals surface area contributed by atoms with Crippen molar-refractivity contribution in [1.82, 2.24) is 4.90 Å². The topological polar surface area (TPSA) is 78.5 Å². The van der Waals surface area contributed by atoms with E-state index in [-0.39, 0.29) is 23.0 Å². The van der Waals surface area contributed by atoms with Gasteiger partial charge in [-0.1, -0.05) is 32.4 Å². The van der Waals surface area contributed by atoms with E-state index in [4.69, 9.17) is 11.6 Å². The molecule has 1 saturated heterocycles. The number of thiophene rings is 1. The average molecular weight is 456 g/mol. The highest BCUT2D eigenvalue weighted by atomic mass is 35.5. The molecule has 0 radical (unpaired) electrons. The summed E-state index contributed by atoms with van der Waals surface area (Å²) in [4.78, 5) is 15.8. The second kappa shape index (κ2) is 8.63. The molecule has 0 saturated carbocycles. The molecule has 9 heteroatoms. The first kappa shape index (κ1) is 22.1. The van der Waals surface area contributed by atoms with Crippen LogP contribution in [0.2, 0.25) is 5.02 Å². The minimum Gasteiger partial charge on any atom is -0.308 e. The van der Waals surface area contributed by atoms with Crippen LogP contribution in [-0.4, -0.2) is 43.9 Å². The molecule has 0 aliphatic carbocycles. The summed E-state index contributed by atoms with van der Waals surface area (Å²) in [7, 11) is -2.92. The summed E-state index contributed by atoms with van der Waals surface area (Å²) in [5.74, 6) is 0.367. The Morgan fingerprint density at radius 1 is 1.14 bits per heavy atom. The van der Waals surface area contributed by atoms with Crippen molar-refractivity contribution in [2.75, 3.05) is 35.2 Å². The van der Waals surface area contributed by atoms with E-state index in [1.165, 1.54) is 4.88 Å². The smallest absolute Gasteiger partial charge is 0.308 e. The molecule has 1 aromatic carbocycles. The van der Waals surface area contributed by atoms with E-state index in [1.807, 2.05) is 0 Å². The summed E-state index contributed by atoms with van der Waals surface area (Å²) >= 11 is 7.44. The first-order valence-corrected chi connectivity index (χ1v) is 12.4. The molecular weight excluding hydrogens is 430 g/mol. The Morgan fingerprint density at radius 2 is 1.76 bits per heavy atom. The largest absolute Gasteiger partial charge is 0.324 e. The third-order valence-electron chi connectivity index (χ3n) is 4.71. The van der Waals surface area contributed by atoms with Gasteiger partial charge in [-0.2, -0.15) is 0 Å². The number of rotatable bonds is 4. The van der Waals surface area contributed by atoms with Gasteiger partial charge in [-0.15, -0.1) is 11.3 Å². The van der Waals surface area contributed by atoms with E-state index >= 15 is 0 Å². The van der Waals surface area contributed by atoms with Gasteiger partial charge in [-0.3, -0.25) is 10.2 Å². The van der Waals surface area contributed by atoms with Gasteiger partial charge in [-0.25, -0.2) is 13.2 Å². The zero-order valence-electron chi connectivity index (χ0n) is 16.8. The molecule has 0 atom stereocenters. The van der Waals surface area contributed by atoms with Crippen molar-refractivity contribution < 1.29 is 13.2 Å². The van der Waals surface area contributed by atoms with Crippen molar-refractivity contribution in [2.24, 2.45) is 0 Å². The zero-order valence-corrected chi connectivity index (χ0v) is 19.2. The molecule has 2 N–H and O–H groups in total. The quantitative estimate of drug-likeness (QED) is 0.707. The number of amides is 2. The number of nitrogens with zero attached hydrogens (tertiary/aromatic N) is 1. The second-order valence-electron chi connectivity index (χ2n) is 8.23. The molecule has 0 spiro atoms. The number of urea groups is 1. The van der Waals surface area contributed by atoms with Crippen LogP contribution in [0.4, 0.5) is 15.5 Å². The number of carbonyl (C=O) groups excluding carboxylic acids is 1. The van der Waals surface area contributed by atoms with Crippen LogP contribution in [0, 0.1) is 0 Å². The van der Waals surface area contributed by atoms with Crippen molar-refractivity contribution in [3.05, 3.63) is 45.8 Å². The van der Waals surface area contributed by atoms with Crippen molar-refractivity contribution in [2.45, 2.75) is 32.7 Å². The molecule has 1 fully saturated rings. The Bertz CT molecular complexity index is 965. The van der Waals surface area contributed by atoms with Gasteiger partial charge in [0.15, 0.2) is 9.84 Å². The van der Waals surface area contributed by atoms with Gasteiger partial charge in [0.1, 0.15) is 5.00 Å². The molecule has 2 amide bonds. The number of carbonyl (C=O) groups is 1. The fourth-order valence-corrected chi connectivity index (χ4v) is 5.50. The van der Waals surface area contributed by atoms with Crippen LogP contribution >= 0.6 is 22.9 Å². The fraction of sp³-hybridized carbons (Fsp3) is 0.450. The number of sulfone groups is 1. The second-order valence-corrected chi connectivity index (χ2v) is 12.0. The van der Waals surface area contributed by atoms with Gasteiger partial charge in [0.05, 0.1) is 11.5 Å². The molecule has 0 bridgehead atoms. The van der Waals surface area contributed by atoms with Gasteiger partial charge in [0.25, 0.3) is 0 Å². The van der Waals surface area contributed by atoms with Gasteiger partial charge >= 0.3 is 6.03 Å². The van der Waals surface area contributed by atoms with Crippen molar-refractivity contribution in [3.63, 3.8) is 0 Å². The normalized spacial score (nSPS) is 17.1. The summed E-state index contributed by atoms with van der Waals surface area (Å²) < 4.78 is 23.4. The van der Waals surface area contributed by atoms with Gasteiger partial charge in [-0.05, 0) is 35.7 Å². The van der Waals surface area contributed by atoms with Crippen LogP contribution in [0.25, 0.3) is 0 Å². The Balaban J connectivity index is 1.74. The number of halogens is 1. The molecule has 1 aromatic heterocycles. The number of hydrogen-bond acceptors (Lipinski definition) is 5. The first-order valence-electron chi connectivity index (χ1n) is 9.41. The summed E-state index contributed by atoms with van der Waals surface area (Å²) in [6.45, 7) is 8.03. The summed E-state index contributed by atoms with van der Waals surface area (Å²) in [5, 5.41) is 7.17. The third kappa shape index (κ3) is 6.18. The Morgan fingerprint density at radius 3 is 2.34 bits per heavy atom. The summed E-state index contributed by atoms with van der Waals surface area (Å²) in [5.41, 5.74) is 1.62. The van der Waals surface area contributed by atoms with E-state index < -0.39 is 9.84 Å². The molecule has 2 heterocycles. The summed E-state index contributed by atoms with van der Waals surface area (Å²) in [6.07, 6.45) is 0. The molecular formula is C20H26ClN3O3S2. The van der Waals surface area contributed by atoms with E-state index in [2.05, 4.69) is 42.4 Å². The highest BCUT2D eigenvalue weighted by Crippen LogP contribution is 2.37. The van der Waals surface area contributed by atoms with Crippen molar-refractivity contribution in [3.8, 4) is 0 Å². The van der Waals surface area contributed by atoms with Crippen molar-refractivity contribution >= 4 is 49.5 Å². The van der Waals surface area contributed by atoms with Gasteiger partial charge in [0, 0.05) is 40.8 Å². The number of anilines is 2. The van der Waals surface area contributed by atoms with Crippen molar-refractivity contribution in [1.29, 1.82) is 0 Å². The fourth-order valence-electron chi connectivity index (χ4n) is 2.97. The lowest BCUT2D eigenvalue weighted by atomic mass is 9.94. The molecule has 158 valence electrons. The standard InChI is InChI=1S/C20H26ClN3O3S2/c1-20(2,3)17-12-14(13-24-8-10-29(26,27)11-9-24)18(28-17)23-19(25)22-16-6-4-15(21)5-7-16/h4-7,12H,8-11,13H2,1-3H3,(H2,22,23,25). The molecule has 1 aliphatic rings. The number of benzene rings is 1. The van der Waals surface area contributed by atoms with E-state index in [1.54, 1.807) is 35.6 Å². The lowest BCUT2D eigenvalue weighted by molar-refractivity contribution is 0.262. The molecule has 3 rings (SSSR count). The highest BCUT2D eigenvalue weighted by molar-refractivity contribution is 7.91. The molecule has 1 aliphatic heterocycles. The zero-order chi connectivity index (χ0) is 21.2. The van der Waals surface area contributed by atoms with Crippen LogP contribution in [0.5, 0.6) is 0 Å². The Kier molecular flexibility index (Phi) is 6.57. The van der Waals surface area contributed by atoms with E-state index in [0.717, 1.165) is 10.6 Å². The van der Waals surface area contributed by atoms with Gasteiger partial charge in [0.2, 0.25) is 0 Å². The number of hydrogen-bond donors (Lipinski definition) is 2. The highest BCUT2D eigenvalue weighted by Gasteiger charge is 2.25. The molecule has 2 aromatic rings. The lowest BCUT2D eigenvalue weighted by Crippen LogP contribution is -2.39. The third-order valence-corrected chi connectivity index (χ3v) is 8.09. The van der Waals surface area contributed by atoms with Crippen LogP contribution in [0.15, 0.2) is 30.3 Å². The van der Waals surface area contributed by atoms with E-state index in [0.29, 0.717) is 30.3 Å². The maximum atomic E-state index is 12.5. The van der Waals surface area contributed by atoms with Crippen LogP contribution in [0.1, 0.15) is 31.2 Å². The monoisotopic (exact) mass is 455 g/mol. The molecule has 29 heavy (non-hydrogen) atoms. The molecule has 6 nitrogen and oxygen atoms in total. The maximum absolute atomic E-state index is 12.5. The van der Waals surface area contributed by atoms with Crippen LogP contribution < -0.4 is 10.6 Å². The van der Waals surface area contributed by atoms with Crippen LogP contribution in [-0.2, 0) is 21.8 Å². The lowest BCUT2D eigenvalue weighted by Gasteiger charge is -2.26. The van der Waals surface area contributed by atoms with Gasteiger partial charge < -0.3 is 5.32 Å². The maximum Gasteiger partial charge on any atom is 0.324 e. The predicted molar refractivity (Wildman–Crippen MR) is 121 cm³/mol. The minimum absolute atomic E-state index is 0.0444. The molecule has 0 unspecified atom stereocenters. The van der Waals surface area contributed by atoms with Crippen LogP contribution in [0.3, 0.4) is 0 Å². The Hall–Kier alpha value is -1.61. The minimum atomic E-state index is -2.92. The SMILES string of the molecule is CC(C)(C)c1cc(CN2CCS(=O)(=O)CC2)c(NC(=O)Nc2ccc(Cl)cc2)s1. The number of nitrogens with one attached hydrogen (secondary N) is 2. The average Bonchev–Trinajstić information content (AvgIpc) is 3.01. The summed E-state index contributed by atoms with van der Waals surface area (Å²) in [6, 6.07) is 8.71. The predicted octanol–water partition coefficient (Wildman–Crippen LogP) is 4.57. The Labute approximate surface area is 181 Å². The first-order chi connectivity index (χ1) is 13.5.